The fourth-order valence-corrected chi connectivity index (χ4v) is 2.85. The lowest BCUT2D eigenvalue weighted by Crippen LogP contribution is -2.33. The number of sulfonamides is 1. The van der Waals surface area contributed by atoms with E-state index in [0.717, 1.165) is 16.4 Å². The van der Waals surface area contributed by atoms with Gasteiger partial charge in [-0.15, -0.1) is 0 Å². The van der Waals surface area contributed by atoms with Gasteiger partial charge in [0.05, 0.1) is 0 Å². The van der Waals surface area contributed by atoms with E-state index < -0.39 is 26.6 Å². The average molecular weight is 278 g/mol. The second-order valence-electron chi connectivity index (χ2n) is 4.21. The summed E-state index contributed by atoms with van der Waals surface area (Å²) in [5, 5.41) is 0. The molecule has 1 rings (SSSR count). The summed E-state index contributed by atoms with van der Waals surface area (Å²) < 4.78 is 52.1. The van der Waals surface area contributed by atoms with E-state index in [-0.39, 0.29) is 18.2 Å². The minimum Gasteiger partial charge on any atom is -0.326 e. The summed E-state index contributed by atoms with van der Waals surface area (Å²) in [7, 11) is -2.75. The van der Waals surface area contributed by atoms with Crippen LogP contribution >= 0.6 is 0 Å². The van der Waals surface area contributed by atoms with Crippen molar-refractivity contribution < 1.29 is 17.2 Å². The molecule has 1 aromatic carbocycles. The maximum atomic E-state index is 13.6. The van der Waals surface area contributed by atoms with Crippen LogP contribution in [0.2, 0.25) is 0 Å². The van der Waals surface area contributed by atoms with E-state index in [9.17, 15) is 17.2 Å². The van der Waals surface area contributed by atoms with Crippen LogP contribution in [0.15, 0.2) is 17.0 Å². The molecule has 0 saturated heterocycles. The Bertz CT molecular complexity index is 544. The van der Waals surface area contributed by atoms with Crippen molar-refractivity contribution in [3.8, 4) is 0 Å². The second kappa shape index (κ2) is 5.29. The zero-order chi connectivity index (χ0) is 14.1. The van der Waals surface area contributed by atoms with E-state index in [1.165, 1.54) is 7.05 Å². The molecule has 0 bridgehead atoms. The molecule has 0 radical (unpaired) electrons. The summed E-state index contributed by atoms with van der Waals surface area (Å²) in [6.45, 7) is 3.21. The van der Waals surface area contributed by atoms with Gasteiger partial charge in [-0.25, -0.2) is 17.2 Å². The first-order valence-corrected chi connectivity index (χ1v) is 6.81. The van der Waals surface area contributed by atoms with Gasteiger partial charge in [0.25, 0.3) is 0 Å². The lowest BCUT2D eigenvalue weighted by molar-refractivity contribution is 0.403. The van der Waals surface area contributed by atoms with Crippen molar-refractivity contribution in [1.29, 1.82) is 0 Å². The molecule has 0 heterocycles. The number of rotatable bonds is 4. The SMILES string of the molecule is CC(C)N(C)S(=O)(=O)c1cc(CN)cc(F)c1F. The van der Waals surface area contributed by atoms with Crippen LogP contribution in [0.5, 0.6) is 0 Å². The number of nitrogens with two attached hydrogens (primary N) is 1. The van der Waals surface area contributed by atoms with E-state index in [0.29, 0.717) is 0 Å². The lowest BCUT2D eigenvalue weighted by atomic mass is 10.2. The Morgan fingerprint density at radius 1 is 1.33 bits per heavy atom. The average Bonchev–Trinajstić information content (AvgIpc) is 2.30. The topological polar surface area (TPSA) is 63.4 Å². The number of halogens is 2. The molecule has 4 nitrogen and oxygen atoms in total. The third kappa shape index (κ3) is 2.68. The van der Waals surface area contributed by atoms with Crippen LogP contribution in [-0.4, -0.2) is 25.8 Å². The predicted molar refractivity (Wildman–Crippen MR) is 64.3 cm³/mol. The zero-order valence-corrected chi connectivity index (χ0v) is 11.3. The van der Waals surface area contributed by atoms with Crippen molar-refractivity contribution in [2.45, 2.75) is 31.3 Å². The minimum atomic E-state index is -4.06. The normalized spacial score (nSPS) is 12.4. The maximum absolute atomic E-state index is 13.6. The van der Waals surface area contributed by atoms with Crippen LogP contribution < -0.4 is 5.73 Å². The molecule has 0 aliphatic carbocycles. The highest BCUT2D eigenvalue weighted by Gasteiger charge is 2.28. The maximum Gasteiger partial charge on any atom is 0.246 e. The summed E-state index contributed by atoms with van der Waals surface area (Å²) in [6, 6.07) is 1.59. The highest BCUT2D eigenvalue weighted by molar-refractivity contribution is 7.89. The van der Waals surface area contributed by atoms with Crippen molar-refractivity contribution in [2.75, 3.05) is 7.05 Å². The molecule has 0 fully saturated rings. The Balaban J connectivity index is 3.45. The van der Waals surface area contributed by atoms with Crippen LogP contribution in [0, 0.1) is 11.6 Å². The van der Waals surface area contributed by atoms with Gasteiger partial charge in [-0.2, -0.15) is 4.31 Å². The molecule has 0 unspecified atom stereocenters. The number of hydrogen-bond donors (Lipinski definition) is 1. The van der Waals surface area contributed by atoms with Crippen LogP contribution in [0.25, 0.3) is 0 Å². The largest absolute Gasteiger partial charge is 0.326 e. The van der Waals surface area contributed by atoms with Gasteiger partial charge in [0.1, 0.15) is 4.90 Å². The predicted octanol–water partition coefficient (Wildman–Crippen LogP) is 1.45. The Morgan fingerprint density at radius 3 is 2.33 bits per heavy atom. The Morgan fingerprint density at radius 2 is 1.89 bits per heavy atom. The molecule has 0 aliphatic heterocycles. The van der Waals surface area contributed by atoms with Gasteiger partial charge in [0.2, 0.25) is 10.0 Å². The second-order valence-corrected chi connectivity index (χ2v) is 6.17. The number of nitrogens with zero attached hydrogens (tertiary/aromatic N) is 1. The number of hydrogen-bond acceptors (Lipinski definition) is 3. The molecule has 18 heavy (non-hydrogen) atoms. The monoisotopic (exact) mass is 278 g/mol. The summed E-state index contributed by atoms with van der Waals surface area (Å²) >= 11 is 0. The van der Waals surface area contributed by atoms with Gasteiger partial charge in [0, 0.05) is 19.6 Å². The van der Waals surface area contributed by atoms with Crippen LogP contribution in [0.4, 0.5) is 8.78 Å². The smallest absolute Gasteiger partial charge is 0.246 e. The van der Waals surface area contributed by atoms with Gasteiger partial charge >= 0.3 is 0 Å². The Labute approximate surface area is 105 Å². The molecule has 0 spiro atoms. The van der Waals surface area contributed by atoms with E-state index in [1.54, 1.807) is 13.8 Å². The van der Waals surface area contributed by atoms with Crippen LogP contribution in [0.1, 0.15) is 19.4 Å². The van der Waals surface area contributed by atoms with Gasteiger partial charge < -0.3 is 5.73 Å². The van der Waals surface area contributed by atoms with E-state index in [4.69, 9.17) is 5.73 Å². The molecule has 0 atom stereocenters. The fourth-order valence-electron chi connectivity index (χ4n) is 1.36. The van der Waals surface area contributed by atoms with Crippen molar-refractivity contribution in [1.82, 2.24) is 4.31 Å². The van der Waals surface area contributed by atoms with Gasteiger partial charge in [-0.3, -0.25) is 0 Å². The summed E-state index contributed by atoms with van der Waals surface area (Å²) in [5.41, 5.74) is 5.55. The molecular weight excluding hydrogens is 262 g/mol. The van der Waals surface area contributed by atoms with Crippen LogP contribution in [0.3, 0.4) is 0 Å². The quantitative estimate of drug-likeness (QED) is 0.906. The van der Waals surface area contributed by atoms with Gasteiger partial charge in [0.15, 0.2) is 11.6 Å². The number of benzene rings is 1. The van der Waals surface area contributed by atoms with Crippen molar-refractivity contribution in [3.05, 3.63) is 29.3 Å². The van der Waals surface area contributed by atoms with Crippen molar-refractivity contribution in [2.24, 2.45) is 5.73 Å². The zero-order valence-electron chi connectivity index (χ0n) is 10.4. The summed E-state index contributed by atoms with van der Waals surface area (Å²) in [6.07, 6.45) is 0. The molecule has 0 amide bonds. The molecule has 102 valence electrons. The van der Waals surface area contributed by atoms with E-state index in [2.05, 4.69) is 0 Å². The Hall–Kier alpha value is -1.05. The lowest BCUT2D eigenvalue weighted by Gasteiger charge is -2.21. The molecule has 2 N–H and O–H groups in total. The highest BCUT2D eigenvalue weighted by atomic mass is 32.2. The van der Waals surface area contributed by atoms with E-state index in [1.807, 2.05) is 0 Å². The highest BCUT2D eigenvalue weighted by Crippen LogP contribution is 2.23. The standard InChI is InChI=1S/C11H16F2N2O2S/c1-7(2)15(3)18(16,17)10-5-8(6-14)4-9(12)11(10)13/h4-5,7H,6,14H2,1-3H3. The summed E-state index contributed by atoms with van der Waals surface area (Å²) in [4.78, 5) is -0.681. The third-order valence-corrected chi connectivity index (χ3v) is 4.71. The molecule has 0 aromatic heterocycles. The van der Waals surface area contributed by atoms with Gasteiger partial charge in [-0.05, 0) is 31.5 Å². The molecule has 1 aromatic rings. The first-order valence-electron chi connectivity index (χ1n) is 5.37. The van der Waals surface area contributed by atoms with Crippen LogP contribution in [-0.2, 0) is 16.6 Å². The van der Waals surface area contributed by atoms with Gasteiger partial charge in [-0.1, -0.05) is 0 Å². The van der Waals surface area contributed by atoms with Crippen molar-refractivity contribution in [3.63, 3.8) is 0 Å². The molecule has 0 aliphatic rings. The molecule has 7 heteroatoms. The first kappa shape index (κ1) is 15.0. The van der Waals surface area contributed by atoms with E-state index >= 15 is 0 Å². The Kier molecular flexibility index (Phi) is 4.41. The third-order valence-electron chi connectivity index (χ3n) is 2.67. The molecule has 0 saturated carbocycles. The first-order chi connectivity index (χ1) is 8.21. The van der Waals surface area contributed by atoms with Crippen molar-refractivity contribution >= 4 is 10.0 Å². The molecular formula is C11H16F2N2O2S. The fraction of sp³-hybridized carbons (Fsp3) is 0.455. The minimum absolute atomic E-state index is 0.0644. The summed E-state index contributed by atoms with van der Waals surface area (Å²) in [5.74, 6) is -2.59.